The molecule has 1 aromatic rings. The van der Waals surface area contributed by atoms with Gasteiger partial charge in [0.05, 0.1) is 18.1 Å². The number of halogens is 1. The molecule has 0 atom stereocenters. The lowest BCUT2D eigenvalue weighted by Gasteiger charge is -2.41. The topological polar surface area (TPSA) is 75.7 Å². The molecule has 2 fully saturated rings. The van der Waals surface area contributed by atoms with Crippen LogP contribution in [0.4, 0.5) is 0 Å². The molecule has 1 amide bonds. The third-order valence-electron chi connectivity index (χ3n) is 6.01. The monoisotopic (exact) mass is 428 g/mol. The maximum absolute atomic E-state index is 13.4. The molecule has 0 spiro atoms. The molecular weight excluding hydrogens is 400 g/mol. The second-order valence-corrected chi connectivity index (χ2v) is 10.9. The number of carbonyl (C=O) groups is 1. The van der Waals surface area contributed by atoms with Crippen LogP contribution < -0.4 is 5.32 Å². The number of ether oxygens (including phenoxy) is 1. The first-order valence-electron chi connectivity index (χ1n) is 9.80. The molecule has 0 bridgehead atoms. The van der Waals surface area contributed by atoms with Gasteiger partial charge in [0.2, 0.25) is 5.91 Å². The van der Waals surface area contributed by atoms with Crippen molar-refractivity contribution in [3.05, 3.63) is 29.3 Å². The molecule has 1 saturated carbocycles. The van der Waals surface area contributed by atoms with Crippen molar-refractivity contribution in [1.29, 1.82) is 0 Å². The fourth-order valence-electron chi connectivity index (χ4n) is 4.14. The zero-order chi connectivity index (χ0) is 20.4. The van der Waals surface area contributed by atoms with Crippen LogP contribution in [0, 0.1) is 0 Å². The Morgan fingerprint density at radius 3 is 2.32 bits per heavy atom. The minimum Gasteiger partial charge on any atom is -0.379 e. The zero-order valence-electron chi connectivity index (χ0n) is 16.5. The molecule has 2 aliphatic rings. The van der Waals surface area contributed by atoms with Gasteiger partial charge in [-0.1, -0.05) is 24.4 Å². The van der Waals surface area contributed by atoms with Gasteiger partial charge in [-0.05, 0) is 51.0 Å². The van der Waals surface area contributed by atoms with Crippen LogP contribution in [0.2, 0.25) is 5.02 Å². The maximum Gasteiger partial charge on any atom is 0.241 e. The SMILES string of the molecule is CC(C)(CNC(=O)C1(S(=O)(=O)c2ccc(Cl)cc2)CCCC1)N1CCOCC1. The van der Waals surface area contributed by atoms with Crippen molar-refractivity contribution in [2.24, 2.45) is 0 Å². The van der Waals surface area contributed by atoms with E-state index in [-0.39, 0.29) is 16.3 Å². The number of benzene rings is 1. The fourth-order valence-corrected chi connectivity index (χ4v) is 6.36. The average Bonchev–Trinajstić information content (AvgIpc) is 3.19. The molecule has 1 aromatic carbocycles. The van der Waals surface area contributed by atoms with E-state index < -0.39 is 14.6 Å². The van der Waals surface area contributed by atoms with Crippen molar-refractivity contribution in [3.63, 3.8) is 0 Å². The van der Waals surface area contributed by atoms with Gasteiger partial charge in [0.25, 0.3) is 0 Å². The Kier molecular flexibility index (Phi) is 6.39. The number of nitrogens with one attached hydrogen (secondary N) is 1. The minimum atomic E-state index is -3.81. The van der Waals surface area contributed by atoms with Gasteiger partial charge in [0.1, 0.15) is 0 Å². The smallest absolute Gasteiger partial charge is 0.241 e. The van der Waals surface area contributed by atoms with Gasteiger partial charge >= 0.3 is 0 Å². The van der Waals surface area contributed by atoms with Crippen LogP contribution in [0.5, 0.6) is 0 Å². The molecule has 1 N–H and O–H groups in total. The molecule has 1 saturated heterocycles. The minimum absolute atomic E-state index is 0.154. The Labute approximate surface area is 172 Å². The Morgan fingerprint density at radius 1 is 1.18 bits per heavy atom. The molecule has 3 rings (SSSR count). The predicted octanol–water partition coefficient (Wildman–Crippen LogP) is 2.65. The highest BCUT2D eigenvalue weighted by Crippen LogP contribution is 2.41. The van der Waals surface area contributed by atoms with E-state index in [4.69, 9.17) is 16.3 Å². The summed E-state index contributed by atoms with van der Waals surface area (Å²) >= 11 is 5.90. The largest absolute Gasteiger partial charge is 0.379 e. The fraction of sp³-hybridized carbons (Fsp3) is 0.650. The molecular formula is C20H29ClN2O4S. The Morgan fingerprint density at radius 2 is 1.75 bits per heavy atom. The normalized spacial score (nSPS) is 20.8. The van der Waals surface area contributed by atoms with Crippen molar-refractivity contribution < 1.29 is 17.9 Å². The third-order valence-corrected chi connectivity index (χ3v) is 8.78. The number of rotatable bonds is 6. The molecule has 6 nitrogen and oxygen atoms in total. The van der Waals surface area contributed by atoms with E-state index in [2.05, 4.69) is 24.1 Å². The second kappa shape index (κ2) is 8.30. The van der Waals surface area contributed by atoms with E-state index in [9.17, 15) is 13.2 Å². The van der Waals surface area contributed by atoms with Gasteiger partial charge in [-0.25, -0.2) is 8.42 Å². The summed E-state index contributed by atoms with van der Waals surface area (Å²) in [7, 11) is -3.81. The number of nitrogens with zero attached hydrogens (tertiary/aromatic N) is 1. The van der Waals surface area contributed by atoms with E-state index in [1.165, 1.54) is 12.1 Å². The summed E-state index contributed by atoms with van der Waals surface area (Å²) in [6.07, 6.45) is 2.16. The van der Waals surface area contributed by atoms with Gasteiger partial charge in [0.15, 0.2) is 14.6 Å². The van der Waals surface area contributed by atoms with Gasteiger partial charge in [-0.2, -0.15) is 0 Å². The molecule has 8 heteroatoms. The highest BCUT2D eigenvalue weighted by atomic mass is 35.5. The average molecular weight is 429 g/mol. The first kappa shape index (κ1) is 21.6. The third kappa shape index (κ3) is 4.08. The molecule has 0 unspecified atom stereocenters. The summed E-state index contributed by atoms with van der Waals surface area (Å²) in [6, 6.07) is 6.08. The van der Waals surface area contributed by atoms with Crippen molar-refractivity contribution in [2.45, 2.75) is 54.7 Å². The Balaban J connectivity index is 1.79. The maximum atomic E-state index is 13.4. The number of hydrogen-bond acceptors (Lipinski definition) is 5. The summed E-state index contributed by atoms with van der Waals surface area (Å²) in [5.41, 5.74) is -0.275. The lowest BCUT2D eigenvalue weighted by Crippen LogP contribution is -2.58. The van der Waals surface area contributed by atoms with E-state index in [1.54, 1.807) is 12.1 Å². The Bertz CT molecular complexity index is 796. The zero-order valence-corrected chi connectivity index (χ0v) is 18.1. The van der Waals surface area contributed by atoms with Crippen LogP contribution in [0.15, 0.2) is 29.2 Å². The number of hydrogen-bond donors (Lipinski definition) is 1. The summed E-state index contributed by atoms with van der Waals surface area (Å²) in [4.78, 5) is 15.6. The number of morpholine rings is 1. The molecule has 1 aliphatic carbocycles. The van der Waals surface area contributed by atoms with Gasteiger partial charge in [0, 0.05) is 30.2 Å². The molecule has 1 aliphatic heterocycles. The number of carbonyl (C=O) groups excluding carboxylic acids is 1. The van der Waals surface area contributed by atoms with Crippen LogP contribution in [0.3, 0.4) is 0 Å². The van der Waals surface area contributed by atoms with Crippen molar-refractivity contribution in [3.8, 4) is 0 Å². The standard InChI is InChI=1S/C20H29ClN2O4S/c1-19(2,23-11-13-27-14-12-23)15-22-18(24)20(9-3-4-10-20)28(25,26)17-7-5-16(21)6-8-17/h5-8H,3-4,9-15H2,1-2H3,(H,22,24). The lowest BCUT2D eigenvalue weighted by atomic mass is 10.0. The van der Waals surface area contributed by atoms with Crippen LogP contribution in [-0.2, 0) is 19.4 Å². The summed E-state index contributed by atoms with van der Waals surface area (Å²) in [5.74, 6) is -0.388. The summed E-state index contributed by atoms with van der Waals surface area (Å²) in [6.45, 7) is 7.47. The van der Waals surface area contributed by atoms with E-state index >= 15 is 0 Å². The number of sulfone groups is 1. The van der Waals surface area contributed by atoms with Crippen LogP contribution in [-0.4, -0.2) is 62.4 Å². The summed E-state index contributed by atoms with van der Waals surface area (Å²) in [5, 5.41) is 3.43. The van der Waals surface area contributed by atoms with Crippen molar-refractivity contribution >= 4 is 27.3 Å². The molecule has 1 heterocycles. The van der Waals surface area contributed by atoms with Crippen LogP contribution in [0.25, 0.3) is 0 Å². The molecule has 156 valence electrons. The first-order valence-corrected chi connectivity index (χ1v) is 11.7. The van der Waals surface area contributed by atoms with Crippen LogP contribution in [0.1, 0.15) is 39.5 Å². The number of amides is 1. The lowest BCUT2D eigenvalue weighted by molar-refractivity contribution is -0.124. The van der Waals surface area contributed by atoms with E-state index in [1.807, 2.05) is 0 Å². The van der Waals surface area contributed by atoms with Crippen LogP contribution >= 0.6 is 11.6 Å². The molecule has 0 aromatic heterocycles. The highest BCUT2D eigenvalue weighted by Gasteiger charge is 2.53. The predicted molar refractivity (Wildman–Crippen MR) is 109 cm³/mol. The van der Waals surface area contributed by atoms with Crippen molar-refractivity contribution in [2.75, 3.05) is 32.8 Å². The molecule has 0 radical (unpaired) electrons. The first-order chi connectivity index (χ1) is 13.2. The highest BCUT2D eigenvalue weighted by molar-refractivity contribution is 7.93. The van der Waals surface area contributed by atoms with Gasteiger partial charge in [-0.3, -0.25) is 9.69 Å². The quantitative estimate of drug-likeness (QED) is 0.753. The van der Waals surface area contributed by atoms with E-state index in [0.29, 0.717) is 37.6 Å². The van der Waals surface area contributed by atoms with Crippen molar-refractivity contribution in [1.82, 2.24) is 10.2 Å². The van der Waals surface area contributed by atoms with Gasteiger partial charge in [-0.15, -0.1) is 0 Å². The molecule has 28 heavy (non-hydrogen) atoms. The van der Waals surface area contributed by atoms with Gasteiger partial charge < -0.3 is 10.1 Å². The Hall–Kier alpha value is -1.15. The van der Waals surface area contributed by atoms with E-state index in [0.717, 1.165) is 25.9 Å². The second-order valence-electron chi connectivity index (χ2n) is 8.25. The summed E-state index contributed by atoms with van der Waals surface area (Å²) < 4.78 is 30.8.